The summed E-state index contributed by atoms with van der Waals surface area (Å²) in [6, 6.07) is 3.94. The Hall–Kier alpha value is -1.42. The van der Waals surface area contributed by atoms with Gasteiger partial charge < -0.3 is 5.11 Å². The van der Waals surface area contributed by atoms with E-state index in [4.69, 9.17) is 5.11 Å². The van der Waals surface area contributed by atoms with Crippen molar-refractivity contribution in [3.8, 4) is 0 Å². The van der Waals surface area contributed by atoms with E-state index in [-0.39, 0.29) is 11.1 Å². The second kappa shape index (κ2) is 5.48. The lowest BCUT2D eigenvalue weighted by atomic mass is 9.87. The molecular weight excluding hydrogens is 228 g/mol. The second-order valence-corrected chi connectivity index (χ2v) is 5.77. The van der Waals surface area contributed by atoms with E-state index in [0.717, 1.165) is 5.56 Å². The first kappa shape index (κ1) is 14.6. The predicted molar refractivity (Wildman–Crippen MR) is 71.6 cm³/mol. The van der Waals surface area contributed by atoms with Crippen LogP contribution in [0.1, 0.15) is 43.7 Å². The van der Waals surface area contributed by atoms with E-state index in [1.54, 1.807) is 6.07 Å². The van der Waals surface area contributed by atoms with E-state index in [9.17, 15) is 4.79 Å². The Labute approximate surface area is 109 Å². The summed E-state index contributed by atoms with van der Waals surface area (Å²) in [5.41, 5.74) is 1.05. The Balaban J connectivity index is 2.88. The number of carboxylic acids is 1. The summed E-state index contributed by atoms with van der Waals surface area (Å²) in [4.78, 5) is 17.2. The number of aromatic carboxylic acids is 1. The summed E-state index contributed by atoms with van der Waals surface area (Å²) < 4.78 is 0. The Kier molecular flexibility index (Phi) is 4.46. The van der Waals surface area contributed by atoms with Crippen LogP contribution in [-0.4, -0.2) is 34.0 Å². The molecule has 1 aromatic heterocycles. The average Bonchev–Trinajstić information content (AvgIpc) is 2.27. The van der Waals surface area contributed by atoms with Crippen LogP contribution in [-0.2, 0) is 6.54 Å². The fraction of sp³-hybridized carbons (Fsp3) is 0.571. The highest BCUT2D eigenvalue weighted by atomic mass is 16.4. The van der Waals surface area contributed by atoms with Crippen molar-refractivity contribution in [3.63, 3.8) is 0 Å². The summed E-state index contributed by atoms with van der Waals surface area (Å²) in [6.45, 7) is 9.27. The van der Waals surface area contributed by atoms with Crippen molar-refractivity contribution in [1.29, 1.82) is 0 Å². The van der Waals surface area contributed by atoms with Crippen LogP contribution in [0.5, 0.6) is 0 Å². The minimum atomic E-state index is -0.970. The number of hydrogen-bond acceptors (Lipinski definition) is 3. The summed E-state index contributed by atoms with van der Waals surface area (Å²) in [5, 5.41) is 9.10. The van der Waals surface area contributed by atoms with Crippen molar-refractivity contribution in [2.45, 2.75) is 40.3 Å². The monoisotopic (exact) mass is 250 g/mol. The summed E-state index contributed by atoms with van der Waals surface area (Å²) in [5.74, 6) is -0.970. The van der Waals surface area contributed by atoms with Crippen molar-refractivity contribution in [1.82, 2.24) is 9.88 Å². The van der Waals surface area contributed by atoms with Gasteiger partial charge in [-0.25, -0.2) is 9.78 Å². The van der Waals surface area contributed by atoms with Gasteiger partial charge in [-0.1, -0.05) is 26.8 Å². The van der Waals surface area contributed by atoms with Gasteiger partial charge in [0.15, 0.2) is 5.69 Å². The average molecular weight is 250 g/mol. The third-order valence-corrected chi connectivity index (χ3v) is 3.43. The van der Waals surface area contributed by atoms with E-state index >= 15 is 0 Å². The molecule has 1 aromatic rings. The molecule has 1 heterocycles. The van der Waals surface area contributed by atoms with Gasteiger partial charge >= 0.3 is 5.97 Å². The van der Waals surface area contributed by atoms with Crippen LogP contribution in [0.3, 0.4) is 0 Å². The van der Waals surface area contributed by atoms with Crippen molar-refractivity contribution in [2.75, 3.05) is 7.05 Å². The highest BCUT2D eigenvalue weighted by Crippen LogP contribution is 2.24. The molecule has 100 valence electrons. The summed E-state index contributed by atoms with van der Waals surface area (Å²) in [6.07, 6.45) is 1.51. The van der Waals surface area contributed by atoms with E-state index < -0.39 is 5.97 Å². The molecule has 0 spiro atoms. The minimum Gasteiger partial charge on any atom is -0.477 e. The molecule has 0 aliphatic rings. The molecule has 0 fully saturated rings. The molecule has 0 aliphatic carbocycles. The molecule has 0 radical (unpaired) electrons. The molecule has 1 atom stereocenters. The maximum atomic E-state index is 11.1. The van der Waals surface area contributed by atoms with Gasteiger partial charge in [-0.15, -0.1) is 0 Å². The standard InChI is InChI=1S/C14H22N2O2/c1-10(14(2,3)4)16(5)9-11-7-6-8-15-12(11)13(17)18/h6-8,10H,9H2,1-5H3,(H,17,18). The van der Waals surface area contributed by atoms with E-state index in [1.165, 1.54) is 6.20 Å². The molecule has 1 N–H and O–H groups in total. The molecule has 0 saturated heterocycles. The SMILES string of the molecule is CC(N(C)Cc1cccnc1C(=O)O)C(C)(C)C. The number of aromatic nitrogens is 1. The van der Waals surface area contributed by atoms with Gasteiger partial charge in [-0.05, 0) is 31.0 Å². The quantitative estimate of drug-likeness (QED) is 0.892. The molecule has 0 bridgehead atoms. The van der Waals surface area contributed by atoms with Crippen molar-refractivity contribution >= 4 is 5.97 Å². The largest absolute Gasteiger partial charge is 0.477 e. The third kappa shape index (κ3) is 3.53. The fourth-order valence-corrected chi connectivity index (χ4v) is 1.83. The molecule has 1 unspecified atom stereocenters. The van der Waals surface area contributed by atoms with Gasteiger partial charge in [0.1, 0.15) is 0 Å². The maximum Gasteiger partial charge on any atom is 0.354 e. The molecule has 4 heteroatoms. The third-order valence-electron chi connectivity index (χ3n) is 3.43. The fourth-order valence-electron chi connectivity index (χ4n) is 1.83. The van der Waals surface area contributed by atoms with Crippen LogP contribution in [0, 0.1) is 5.41 Å². The van der Waals surface area contributed by atoms with Gasteiger partial charge in [0.25, 0.3) is 0 Å². The zero-order valence-corrected chi connectivity index (χ0v) is 11.8. The zero-order chi connectivity index (χ0) is 13.9. The Morgan fingerprint density at radius 3 is 2.61 bits per heavy atom. The van der Waals surface area contributed by atoms with Gasteiger partial charge in [-0.3, -0.25) is 4.90 Å². The van der Waals surface area contributed by atoms with Crippen LogP contribution in [0.4, 0.5) is 0 Å². The summed E-state index contributed by atoms with van der Waals surface area (Å²) in [7, 11) is 2.01. The lowest BCUT2D eigenvalue weighted by Crippen LogP contribution is -2.39. The molecule has 0 saturated carbocycles. The van der Waals surface area contributed by atoms with Crippen LogP contribution in [0.25, 0.3) is 0 Å². The highest BCUT2D eigenvalue weighted by Gasteiger charge is 2.24. The number of hydrogen-bond donors (Lipinski definition) is 1. The van der Waals surface area contributed by atoms with E-state index in [0.29, 0.717) is 12.6 Å². The number of nitrogens with zero attached hydrogens (tertiary/aromatic N) is 2. The predicted octanol–water partition coefficient (Wildman–Crippen LogP) is 2.65. The van der Waals surface area contributed by atoms with Crippen LogP contribution >= 0.6 is 0 Å². The Morgan fingerprint density at radius 2 is 2.11 bits per heavy atom. The smallest absolute Gasteiger partial charge is 0.354 e. The molecular formula is C14H22N2O2. The van der Waals surface area contributed by atoms with Gasteiger partial charge in [0.05, 0.1) is 0 Å². The topological polar surface area (TPSA) is 53.4 Å². The van der Waals surface area contributed by atoms with Gasteiger partial charge in [0.2, 0.25) is 0 Å². The molecule has 4 nitrogen and oxygen atoms in total. The number of rotatable bonds is 4. The maximum absolute atomic E-state index is 11.1. The van der Waals surface area contributed by atoms with Crippen LogP contribution < -0.4 is 0 Å². The number of carboxylic acid groups (broad SMARTS) is 1. The first-order valence-corrected chi connectivity index (χ1v) is 6.11. The van der Waals surface area contributed by atoms with Crippen molar-refractivity contribution in [3.05, 3.63) is 29.6 Å². The lowest BCUT2D eigenvalue weighted by Gasteiger charge is -2.35. The molecule has 0 amide bonds. The van der Waals surface area contributed by atoms with Gasteiger partial charge in [0, 0.05) is 18.8 Å². The van der Waals surface area contributed by atoms with Crippen molar-refractivity contribution < 1.29 is 9.90 Å². The van der Waals surface area contributed by atoms with Gasteiger partial charge in [-0.2, -0.15) is 0 Å². The van der Waals surface area contributed by atoms with Crippen molar-refractivity contribution in [2.24, 2.45) is 5.41 Å². The number of carbonyl (C=O) groups is 1. The number of pyridine rings is 1. The van der Waals surface area contributed by atoms with E-state index in [2.05, 4.69) is 37.6 Å². The highest BCUT2D eigenvalue weighted by molar-refractivity contribution is 5.86. The van der Waals surface area contributed by atoms with E-state index in [1.807, 2.05) is 13.1 Å². The minimum absolute atomic E-state index is 0.144. The zero-order valence-electron chi connectivity index (χ0n) is 11.8. The normalized spacial score (nSPS) is 13.7. The van der Waals surface area contributed by atoms with Crippen LogP contribution in [0.15, 0.2) is 18.3 Å². The molecule has 0 aromatic carbocycles. The first-order valence-electron chi connectivity index (χ1n) is 6.11. The van der Waals surface area contributed by atoms with Crippen LogP contribution in [0.2, 0.25) is 0 Å². The lowest BCUT2D eigenvalue weighted by molar-refractivity contribution is 0.0686. The second-order valence-electron chi connectivity index (χ2n) is 5.77. The summed E-state index contributed by atoms with van der Waals surface area (Å²) >= 11 is 0. The molecule has 1 rings (SSSR count). The Morgan fingerprint density at radius 1 is 1.50 bits per heavy atom. The Bertz CT molecular complexity index is 424. The molecule has 18 heavy (non-hydrogen) atoms. The molecule has 0 aliphatic heterocycles. The first-order chi connectivity index (χ1) is 8.23.